The quantitative estimate of drug-likeness (QED) is 0.140. The summed E-state index contributed by atoms with van der Waals surface area (Å²) in [7, 11) is -6.14. The minimum Gasteiger partial charge on any atom is -0.497 e. The zero-order chi connectivity index (χ0) is 39.1. The smallest absolute Gasteiger partial charge is 0.416 e. The highest BCUT2D eigenvalue weighted by molar-refractivity contribution is 7.92. The lowest BCUT2D eigenvalue weighted by Gasteiger charge is -2.49. The molecule has 54 heavy (non-hydrogen) atoms. The third-order valence-corrected chi connectivity index (χ3v) is 14.6. The van der Waals surface area contributed by atoms with Crippen LogP contribution in [0.15, 0.2) is 89.8 Å². The monoisotopic (exact) mass is 793 g/mol. The normalized spacial score (nSPS) is 20.2. The molecule has 0 spiro atoms. The summed E-state index contributed by atoms with van der Waals surface area (Å²) in [5.41, 5.74) is -0.563. The zero-order valence-corrected chi connectivity index (χ0v) is 30.7. The number of hydrogen-bond donors (Lipinski definition) is 0. The Morgan fingerprint density at radius 2 is 1.33 bits per heavy atom. The highest BCUT2D eigenvalue weighted by Crippen LogP contribution is 2.58. The van der Waals surface area contributed by atoms with Crippen molar-refractivity contribution in [1.29, 1.82) is 0 Å². The fourth-order valence-corrected chi connectivity index (χ4v) is 11.3. The molecule has 4 aromatic rings. The molecule has 9 nitrogen and oxygen atoms in total. The maximum absolute atomic E-state index is 15.9. The second-order valence-corrected chi connectivity index (χ2v) is 17.5. The molecule has 1 fully saturated rings. The summed E-state index contributed by atoms with van der Waals surface area (Å²) in [5, 5.41) is 0. The Balaban J connectivity index is 1.38. The number of halogens is 5. The van der Waals surface area contributed by atoms with E-state index in [4.69, 9.17) is 14.2 Å². The molecule has 4 aromatic carbocycles. The minimum atomic E-state index is -4.90. The minimum absolute atomic E-state index is 0.0758. The first kappa shape index (κ1) is 39.2. The number of alkyl halides is 3. The van der Waals surface area contributed by atoms with Crippen LogP contribution in [-0.2, 0) is 48.7 Å². The average Bonchev–Trinajstić information content (AvgIpc) is 3.15. The first-order valence-electron chi connectivity index (χ1n) is 16.8. The molecule has 0 bridgehead atoms. The van der Waals surface area contributed by atoms with Crippen LogP contribution in [0.3, 0.4) is 0 Å². The number of methoxy groups -OCH3 is 2. The van der Waals surface area contributed by atoms with E-state index in [0.29, 0.717) is 34.8 Å². The fourth-order valence-electron chi connectivity index (χ4n) is 7.42. The van der Waals surface area contributed by atoms with E-state index in [9.17, 15) is 34.8 Å². The number of sulfone groups is 1. The number of ketones is 1. The molecule has 0 saturated heterocycles. The molecule has 2 aliphatic rings. The Hall–Kier alpha value is -4.54. The summed E-state index contributed by atoms with van der Waals surface area (Å²) in [4.78, 5) is 13.1. The van der Waals surface area contributed by atoms with Crippen LogP contribution in [0.4, 0.5) is 22.0 Å². The Morgan fingerprint density at radius 3 is 1.85 bits per heavy atom. The van der Waals surface area contributed by atoms with Crippen molar-refractivity contribution in [2.45, 2.75) is 48.2 Å². The van der Waals surface area contributed by atoms with Crippen LogP contribution in [0.2, 0.25) is 0 Å². The SMILES string of the molecule is COc1ccc(CN(Cc2ccc(OC)cc2)S(=O)(=O)CC[C@@H]2C(=O)CCC3(S(=O)(=O)c4ccc(C(F)(F)F)cc4)c4c(F)ccc(F)c4OC[C@@H]23)cc1. The van der Waals surface area contributed by atoms with Crippen LogP contribution in [0.5, 0.6) is 17.2 Å². The molecular weight excluding hydrogens is 758 g/mol. The first-order valence-corrected chi connectivity index (χ1v) is 19.9. The lowest BCUT2D eigenvalue weighted by molar-refractivity contribution is -0.137. The van der Waals surface area contributed by atoms with Crippen LogP contribution in [0.25, 0.3) is 0 Å². The molecule has 6 rings (SSSR count). The molecule has 1 heterocycles. The van der Waals surface area contributed by atoms with Gasteiger partial charge in [0.1, 0.15) is 27.8 Å². The van der Waals surface area contributed by atoms with Crippen LogP contribution < -0.4 is 14.2 Å². The van der Waals surface area contributed by atoms with Crippen molar-refractivity contribution in [3.05, 3.63) is 119 Å². The Morgan fingerprint density at radius 1 is 0.796 bits per heavy atom. The van der Waals surface area contributed by atoms with Gasteiger partial charge in [-0.3, -0.25) is 4.79 Å². The van der Waals surface area contributed by atoms with E-state index in [1.165, 1.54) is 18.5 Å². The van der Waals surface area contributed by atoms with Gasteiger partial charge in [0.2, 0.25) is 10.0 Å². The Bertz CT molecular complexity index is 2180. The largest absolute Gasteiger partial charge is 0.497 e. The third kappa shape index (κ3) is 7.30. The van der Waals surface area contributed by atoms with E-state index in [1.807, 2.05) is 0 Å². The molecule has 1 aliphatic carbocycles. The summed E-state index contributed by atoms with van der Waals surface area (Å²) in [6.45, 7) is -0.758. The molecule has 1 saturated carbocycles. The van der Waals surface area contributed by atoms with Gasteiger partial charge in [0.15, 0.2) is 21.4 Å². The molecule has 0 N–H and O–H groups in total. The van der Waals surface area contributed by atoms with Crippen LogP contribution >= 0.6 is 0 Å². The molecule has 1 unspecified atom stereocenters. The average molecular weight is 794 g/mol. The van der Waals surface area contributed by atoms with Gasteiger partial charge in [0, 0.05) is 31.3 Å². The fraction of sp³-hybridized carbons (Fsp3) is 0.342. The van der Waals surface area contributed by atoms with E-state index in [1.54, 1.807) is 48.5 Å². The van der Waals surface area contributed by atoms with E-state index in [0.717, 1.165) is 24.3 Å². The van der Waals surface area contributed by atoms with E-state index >= 15 is 8.78 Å². The number of carbonyl (C=O) groups excluding carboxylic acids is 1. The number of fused-ring (bicyclic) bond motifs is 3. The topological polar surface area (TPSA) is 116 Å². The maximum atomic E-state index is 15.9. The Kier molecular flexibility index (Phi) is 10.8. The van der Waals surface area contributed by atoms with Gasteiger partial charge in [-0.15, -0.1) is 0 Å². The molecule has 0 radical (unpaired) electrons. The maximum Gasteiger partial charge on any atom is 0.416 e. The molecule has 0 aromatic heterocycles. The number of nitrogens with zero attached hydrogens (tertiary/aromatic N) is 1. The van der Waals surface area contributed by atoms with Crippen molar-refractivity contribution in [1.82, 2.24) is 4.31 Å². The van der Waals surface area contributed by atoms with Gasteiger partial charge in [0.25, 0.3) is 0 Å². The number of Topliss-reactive ketones (excluding diaryl/α,β-unsaturated/α-hetero) is 1. The van der Waals surface area contributed by atoms with Crippen molar-refractivity contribution >= 4 is 25.6 Å². The van der Waals surface area contributed by atoms with Gasteiger partial charge in [-0.05, 0) is 84.6 Å². The number of ether oxygens (including phenoxy) is 3. The summed E-state index contributed by atoms with van der Waals surface area (Å²) in [6.07, 6.45) is -6.20. The van der Waals surface area contributed by atoms with Crippen molar-refractivity contribution < 1.29 is 57.8 Å². The summed E-state index contributed by atoms with van der Waals surface area (Å²) in [5.74, 6) is -5.71. The molecule has 1 aliphatic heterocycles. The van der Waals surface area contributed by atoms with Crippen molar-refractivity contribution in [2.24, 2.45) is 11.8 Å². The lowest BCUT2D eigenvalue weighted by Crippen LogP contribution is -2.56. The molecule has 288 valence electrons. The highest BCUT2D eigenvalue weighted by atomic mass is 32.2. The van der Waals surface area contributed by atoms with Crippen molar-refractivity contribution in [3.8, 4) is 17.2 Å². The third-order valence-electron chi connectivity index (χ3n) is 10.2. The standard InChI is InChI=1S/C38H36F5NO8S2/c1-50-27-9-3-24(4-10-27)21-44(22-25-5-11-28(51-2)12-6-25)53(46,47)20-18-30-31-23-52-36-33(40)16-15-32(39)35(36)37(31,19-17-34(30)45)54(48,49)29-13-7-26(8-14-29)38(41,42)43/h3-16,30-31H,17-23H2,1-2H3/t30-,31-,37?/m0/s1. The number of carbonyl (C=O) groups is 1. The molecule has 16 heteroatoms. The van der Waals surface area contributed by atoms with Crippen molar-refractivity contribution in [3.63, 3.8) is 0 Å². The van der Waals surface area contributed by atoms with Gasteiger partial charge >= 0.3 is 6.18 Å². The lowest BCUT2D eigenvalue weighted by atomic mass is 9.66. The predicted octanol–water partition coefficient (Wildman–Crippen LogP) is 7.08. The number of rotatable bonds is 12. The number of sulfonamides is 1. The summed E-state index contributed by atoms with van der Waals surface area (Å²) >= 11 is 0. The van der Waals surface area contributed by atoms with Crippen LogP contribution in [0.1, 0.15) is 41.5 Å². The van der Waals surface area contributed by atoms with Gasteiger partial charge in [0.05, 0.1) is 42.6 Å². The van der Waals surface area contributed by atoms with Gasteiger partial charge in [-0.25, -0.2) is 25.6 Å². The predicted molar refractivity (Wildman–Crippen MR) is 187 cm³/mol. The van der Waals surface area contributed by atoms with Crippen LogP contribution in [0, 0.1) is 23.5 Å². The van der Waals surface area contributed by atoms with Crippen LogP contribution in [-0.4, -0.2) is 53.5 Å². The van der Waals surface area contributed by atoms with E-state index in [-0.39, 0.29) is 13.1 Å². The second-order valence-electron chi connectivity index (χ2n) is 13.2. The first-order chi connectivity index (χ1) is 25.5. The van der Waals surface area contributed by atoms with E-state index < -0.39 is 113 Å². The molecule has 0 amide bonds. The summed E-state index contributed by atoms with van der Waals surface area (Å²) < 4.78 is 144. The van der Waals surface area contributed by atoms with Crippen molar-refractivity contribution in [2.75, 3.05) is 26.6 Å². The van der Waals surface area contributed by atoms with Gasteiger partial charge in [-0.2, -0.15) is 17.5 Å². The number of hydrogen-bond acceptors (Lipinski definition) is 8. The highest BCUT2D eigenvalue weighted by Gasteiger charge is 2.62. The number of benzene rings is 4. The zero-order valence-electron chi connectivity index (χ0n) is 29.1. The molecular formula is C38H36F5NO8S2. The molecule has 3 atom stereocenters. The van der Waals surface area contributed by atoms with Gasteiger partial charge in [-0.1, -0.05) is 24.3 Å². The second kappa shape index (κ2) is 14.9. The summed E-state index contributed by atoms with van der Waals surface area (Å²) in [6, 6.07) is 17.6. The van der Waals surface area contributed by atoms with E-state index in [2.05, 4.69) is 0 Å². The van der Waals surface area contributed by atoms with Gasteiger partial charge < -0.3 is 14.2 Å². The Labute approximate surface area is 309 Å².